The van der Waals surface area contributed by atoms with E-state index in [2.05, 4.69) is 40.1 Å². The normalized spacial score (nSPS) is 13.8. The monoisotopic (exact) mass is 187 g/mol. The van der Waals surface area contributed by atoms with Crippen LogP contribution >= 0.6 is 0 Å². The highest BCUT2D eigenvalue weighted by Crippen LogP contribution is 2.33. The van der Waals surface area contributed by atoms with Crippen molar-refractivity contribution in [3.8, 4) is 0 Å². The molecule has 0 radical (unpaired) electrons. The molecule has 80 valence electrons. The molecule has 0 unspecified atom stereocenters. The van der Waals surface area contributed by atoms with Gasteiger partial charge in [0.2, 0.25) is 0 Å². The van der Waals surface area contributed by atoms with E-state index in [1.165, 1.54) is 0 Å². The van der Waals surface area contributed by atoms with Crippen molar-refractivity contribution >= 4 is 0 Å². The number of nitrogens with one attached hydrogen (secondary N) is 1. The van der Waals surface area contributed by atoms with Crippen LogP contribution < -0.4 is 5.48 Å². The second-order valence-corrected chi connectivity index (χ2v) is 5.13. The highest BCUT2D eigenvalue weighted by molar-refractivity contribution is 4.89. The van der Waals surface area contributed by atoms with Gasteiger partial charge >= 0.3 is 0 Å². The first-order valence-corrected chi connectivity index (χ1v) is 5.16. The first kappa shape index (κ1) is 12.9. The molecule has 0 fully saturated rings. The molecule has 2 nitrogen and oxygen atoms in total. The lowest BCUT2D eigenvalue weighted by molar-refractivity contribution is -0.0839. The van der Waals surface area contributed by atoms with Gasteiger partial charge in [0.05, 0.1) is 6.10 Å². The minimum Gasteiger partial charge on any atom is -0.299 e. The van der Waals surface area contributed by atoms with Crippen LogP contribution in [0.25, 0.3) is 0 Å². The zero-order valence-electron chi connectivity index (χ0n) is 10.2. The Bertz CT molecular complexity index is 150. The molecule has 0 aliphatic rings. The summed E-state index contributed by atoms with van der Waals surface area (Å²) < 4.78 is 0. The van der Waals surface area contributed by atoms with E-state index >= 15 is 0 Å². The third-order valence-electron chi connectivity index (χ3n) is 3.13. The Morgan fingerprint density at radius 3 is 1.92 bits per heavy atom. The Morgan fingerprint density at radius 2 is 1.62 bits per heavy atom. The van der Waals surface area contributed by atoms with Crippen molar-refractivity contribution < 1.29 is 4.84 Å². The molecule has 0 amide bonds. The van der Waals surface area contributed by atoms with Crippen molar-refractivity contribution in [1.29, 1.82) is 0 Å². The maximum atomic E-state index is 5.44. The molecule has 0 rings (SSSR count). The molecule has 0 aromatic rings. The molecule has 1 N–H and O–H groups in total. The number of hydroxylamine groups is 1. The summed E-state index contributed by atoms with van der Waals surface area (Å²) in [6.07, 6.45) is 1.36. The quantitative estimate of drug-likeness (QED) is 0.668. The van der Waals surface area contributed by atoms with Crippen molar-refractivity contribution in [3.05, 3.63) is 0 Å². The molecule has 0 atom stereocenters. The third-order valence-corrected chi connectivity index (χ3v) is 3.13. The summed E-state index contributed by atoms with van der Waals surface area (Å²) in [4.78, 5) is 5.44. The smallest absolute Gasteiger partial charge is 0.0734 e. The second kappa shape index (κ2) is 4.43. The fraction of sp³-hybridized carbons (Fsp3) is 1.00. The summed E-state index contributed by atoms with van der Waals surface area (Å²) in [6, 6.07) is 0. The summed E-state index contributed by atoms with van der Waals surface area (Å²) >= 11 is 0. The van der Waals surface area contributed by atoms with E-state index in [0.717, 1.165) is 6.42 Å². The summed E-state index contributed by atoms with van der Waals surface area (Å²) in [5, 5.41) is 0. The lowest BCUT2D eigenvalue weighted by Gasteiger charge is -2.41. The van der Waals surface area contributed by atoms with Crippen LogP contribution in [-0.2, 0) is 4.84 Å². The van der Waals surface area contributed by atoms with Gasteiger partial charge in [-0.05, 0) is 39.5 Å². The zero-order valence-corrected chi connectivity index (χ0v) is 10.2. The van der Waals surface area contributed by atoms with Gasteiger partial charge in [-0.1, -0.05) is 20.8 Å². The van der Waals surface area contributed by atoms with Gasteiger partial charge in [-0.3, -0.25) is 4.84 Å². The van der Waals surface area contributed by atoms with E-state index in [0.29, 0.717) is 0 Å². The van der Waals surface area contributed by atoms with Gasteiger partial charge in [0.15, 0.2) is 0 Å². The maximum Gasteiger partial charge on any atom is 0.0734 e. The summed E-state index contributed by atoms with van der Waals surface area (Å²) in [5.74, 6) is 0. The fourth-order valence-corrected chi connectivity index (χ4v) is 0.845. The van der Waals surface area contributed by atoms with Crippen LogP contribution in [0.15, 0.2) is 0 Å². The summed E-state index contributed by atoms with van der Waals surface area (Å²) in [6.45, 7) is 15.1. The van der Waals surface area contributed by atoms with E-state index in [1.807, 2.05) is 13.8 Å². The molecule has 2 heteroatoms. The van der Waals surface area contributed by atoms with Gasteiger partial charge in [-0.15, -0.1) is 0 Å². The van der Waals surface area contributed by atoms with Crippen molar-refractivity contribution in [1.82, 2.24) is 5.48 Å². The third kappa shape index (κ3) is 3.65. The molecule has 0 aromatic heterocycles. The van der Waals surface area contributed by atoms with E-state index in [1.54, 1.807) is 0 Å². The van der Waals surface area contributed by atoms with Crippen molar-refractivity contribution in [2.45, 2.75) is 66.5 Å². The van der Waals surface area contributed by atoms with Gasteiger partial charge in [-0.2, -0.15) is 5.48 Å². The topological polar surface area (TPSA) is 21.3 Å². The first-order valence-electron chi connectivity index (χ1n) is 5.16. The van der Waals surface area contributed by atoms with Gasteiger partial charge in [0.1, 0.15) is 0 Å². The second-order valence-electron chi connectivity index (χ2n) is 5.13. The lowest BCUT2D eigenvalue weighted by Crippen LogP contribution is -2.51. The highest BCUT2D eigenvalue weighted by atomic mass is 16.7. The van der Waals surface area contributed by atoms with Crippen LogP contribution in [0.5, 0.6) is 0 Å². The molecular formula is C11H25NO. The summed E-state index contributed by atoms with van der Waals surface area (Å²) in [7, 11) is 0. The number of hydrogen-bond acceptors (Lipinski definition) is 2. The van der Waals surface area contributed by atoms with E-state index in [-0.39, 0.29) is 17.1 Å². The molecule has 0 aliphatic carbocycles. The van der Waals surface area contributed by atoms with Crippen LogP contribution in [-0.4, -0.2) is 11.6 Å². The molecule has 0 heterocycles. The Kier molecular flexibility index (Phi) is 4.40. The van der Waals surface area contributed by atoms with Gasteiger partial charge < -0.3 is 0 Å². The Hall–Kier alpha value is -0.0800. The summed E-state index contributed by atoms with van der Waals surface area (Å²) in [5.41, 5.74) is 3.39. The molecule has 0 bridgehead atoms. The van der Waals surface area contributed by atoms with Crippen LogP contribution in [0.2, 0.25) is 0 Å². The van der Waals surface area contributed by atoms with Crippen molar-refractivity contribution in [2.24, 2.45) is 5.41 Å². The molecule has 0 saturated carbocycles. The van der Waals surface area contributed by atoms with Crippen molar-refractivity contribution in [2.75, 3.05) is 0 Å². The number of rotatable bonds is 5. The fourth-order valence-electron chi connectivity index (χ4n) is 0.845. The van der Waals surface area contributed by atoms with E-state index in [4.69, 9.17) is 4.84 Å². The van der Waals surface area contributed by atoms with Gasteiger partial charge in [-0.25, -0.2) is 0 Å². The Balaban J connectivity index is 4.22. The number of hydrogen-bond donors (Lipinski definition) is 1. The van der Waals surface area contributed by atoms with Crippen molar-refractivity contribution in [3.63, 3.8) is 0 Å². The molecule has 0 aromatic carbocycles. The molecule has 13 heavy (non-hydrogen) atoms. The minimum absolute atomic E-state index is 0.00597. The van der Waals surface area contributed by atoms with Crippen LogP contribution in [0.4, 0.5) is 0 Å². The predicted molar refractivity (Wildman–Crippen MR) is 57.5 cm³/mol. The average molecular weight is 187 g/mol. The Labute approximate surface area is 83.0 Å². The Morgan fingerprint density at radius 1 is 1.15 bits per heavy atom. The van der Waals surface area contributed by atoms with Gasteiger partial charge in [0.25, 0.3) is 0 Å². The first-order chi connectivity index (χ1) is 5.73. The largest absolute Gasteiger partial charge is 0.299 e. The standard InChI is InChI=1S/C11H25NO/c1-8-10(4,5)11(6,7)12-13-9(2)3/h9,12H,8H2,1-7H3. The van der Waals surface area contributed by atoms with E-state index in [9.17, 15) is 0 Å². The maximum absolute atomic E-state index is 5.44. The average Bonchev–Trinajstić information content (AvgIpc) is 2.01. The molecule has 0 spiro atoms. The predicted octanol–water partition coefficient (Wildman–Crippen LogP) is 3.13. The minimum atomic E-state index is 0.00597. The lowest BCUT2D eigenvalue weighted by atomic mass is 9.73. The SMILES string of the molecule is CCC(C)(C)C(C)(C)NOC(C)C. The van der Waals surface area contributed by atoms with Crippen LogP contribution in [0, 0.1) is 5.41 Å². The van der Waals surface area contributed by atoms with Crippen LogP contribution in [0.3, 0.4) is 0 Å². The molecule has 0 saturated heterocycles. The highest BCUT2D eigenvalue weighted by Gasteiger charge is 2.35. The molecular weight excluding hydrogens is 162 g/mol. The van der Waals surface area contributed by atoms with Gasteiger partial charge in [0, 0.05) is 5.54 Å². The van der Waals surface area contributed by atoms with E-state index < -0.39 is 0 Å². The van der Waals surface area contributed by atoms with Crippen LogP contribution in [0.1, 0.15) is 54.9 Å². The zero-order chi connectivity index (χ0) is 10.7. The molecule has 0 aliphatic heterocycles.